The summed E-state index contributed by atoms with van der Waals surface area (Å²) in [4.78, 5) is 16.0. The van der Waals surface area contributed by atoms with E-state index in [-0.39, 0.29) is 5.91 Å². The molecule has 25 heavy (non-hydrogen) atoms. The number of carbonyl (C=O) groups excluding carboxylic acids is 1. The van der Waals surface area contributed by atoms with E-state index in [1.165, 1.54) is 12.5 Å². The molecule has 1 amide bonds. The van der Waals surface area contributed by atoms with Crippen molar-refractivity contribution in [2.75, 3.05) is 13.2 Å². The molecule has 2 aromatic heterocycles. The molecule has 0 spiro atoms. The largest absolute Gasteiger partial charge is 0.490 e. The molecule has 1 N–H and O–H groups in total. The fourth-order valence-corrected chi connectivity index (χ4v) is 2.10. The molecule has 0 aliphatic heterocycles. The van der Waals surface area contributed by atoms with E-state index in [2.05, 4.69) is 10.3 Å². The summed E-state index contributed by atoms with van der Waals surface area (Å²) < 4.78 is 16.0. The summed E-state index contributed by atoms with van der Waals surface area (Å²) in [7, 11) is 0. The van der Waals surface area contributed by atoms with Gasteiger partial charge in [-0.15, -0.1) is 0 Å². The lowest BCUT2D eigenvalue weighted by molar-refractivity contribution is 0.0950. The van der Waals surface area contributed by atoms with Gasteiger partial charge in [0.05, 0.1) is 11.8 Å². The first-order valence-corrected chi connectivity index (χ1v) is 7.87. The van der Waals surface area contributed by atoms with Crippen LogP contribution in [-0.4, -0.2) is 24.1 Å². The van der Waals surface area contributed by atoms with Crippen molar-refractivity contribution >= 4 is 5.91 Å². The number of aromatic nitrogens is 1. The Labute approximate surface area is 145 Å². The number of rotatable bonds is 8. The predicted molar refractivity (Wildman–Crippen MR) is 91.5 cm³/mol. The third-order valence-corrected chi connectivity index (χ3v) is 3.38. The van der Waals surface area contributed by atoms with Crippen LogP contribution in [0.5, 0.6) is 11.6 Å². The number of hydrogen-bond donors (Lipinski definition) is 1. The number of pyridine rings is 1. The van der Waals surface area contributed by atoms with Crippen LogP contribution in [0, 0.1) is 0 Å². The minimum Gasteiger partial charge on any atom is -0.490 e. The summed E-state index contributed by atoms with van der Waals surface area (Å²) in [6.07, 6.45) is 4.54. The van der Waals surface area contributed by atoms with Gasteiger partial charge in [0.1, 0.15) is 25.2 Å². The number of para-hydroxylation sites is 1. The van der Waals surface area contributed by atoms with E-state index in [1.54, 1.807) is 18.3 Å². The normalized spacial score (nSPS) is 10.2. The van der Waals surface area contributed by atoms with Crippen LogP contribution in [-0.2, 0) is 6.54 Å². The summed E-state index contributed by atoms with van der Waals surface area (Å²) in [5.74, 6) is 1.14. The lowest BCUT2D eigenvalue weighted by atomic mass is 10.2. The maximum Gasteiger partial charge on any atom is 0.254 e. The van der Waals surface area contributed by atoms with Crippen LogP contribution in [0.4, 0.5) is 0 Å². The molecule has 0 bridgehead atoms. The number of nitrogens with zero attached hydrogens (tertiary/aromatic N) is 1. The summed E-state index contributed by atoms with van der Waals surface area (Å²) in [5.41, 5.74) is 1.37. The van der Waals surface area contributed by atoms with Crippen LogP contribution in [0.3, 0.4) is 0 Å². The zero-order valence-electron chi connectivity index (χ0n) is 13.6. The maximum atomic E-state index is 11.8. The minimum atomic E-state index is -0.188. The zero-order chi connectivity index (χ0) is 17.3. The monoisotopic (exact) mass is 338 g/mol. The fraction of sp³-hybridized carbons (Fsp3) is 0.158. The van der Waals surface area contributed by atoms with Gasteiger partial charge >= 0.3 is 0 Å². The Morgan fingerprint density at radius 3 is 2.60 bits per heavy atom. The van der Waals surface area contributed by atoms with Gasteiger partial charge in [-0.1, -0.05) is 24.3 Å². The highest BCUT2D eigenvalue weighted by molar-refractivity contribution is 5.93. The smallest absolute Gasteiger partial charge is 0.254 e. The summed E-state index contributed by atoms with van der Waals surface area (Å²) in [6, 6.07) is 14.8. The van der Waals surface area contributed by atoms with Gasteiger partial charge < -0.3 is 19.2 Å². The molecule has 1 aromatic carbocycles. The standard InChI is InChI=1S/C19H18N2O4/c22-19(16-8-9-23-14-16)21-13-15-6-7-18(20-12-15)25-11-10-24-17-4-2-1-3-5-17/h1-9,12,14H,10-11,13H2,(H,21,22). The first-order valence-electron chi connectivity index (χ1n) is 7.87. The quantitative estimate of drug-likeness (QED) is 0.639. The van der Waals surface area contributed by atoms with Crippen molar-refractivity contribution < 1.29 is 18.7 Å². The number of ether oxygens (including phenoxy) is 2. The number of hydrogen-bond acceptors (Lipinski definition) is 5. The Bertz CT molecular complexity index is 771. The van der Waals surface area contributed by atoms with E-state index in [9.17, 15) is 4.79 Å². The second-order valence-corrected chi connectivity index (χ2v) is 5.21. The molecule has 3 aromatic rings. The lowest BCUT2D eigenvalue weighted by Crippen LogP contribution is -2.22. The number of furan rings is 1. The number of benzene rings is 1. The Hall–Kier alpha value is -3.28. The third kappa shape index (κ3) is 5.10. The van der Waals surface area contributed by atoms with Crippen LogP contribution in [0.25, 0.3) is 0 Å². The molecule has 0 aliphatic rings. The highest BCUT2D eigenvalue weighted by atomic mass is 16.5. The van der Waals surface area contributed by atoms with Gasteiger partial charge in [-0.25, -0.2) is 4.98 Å². The maximum absolute atomic E-state index is 11.8. The van der Waals surface area contributed by atoms with E-state index in [1.807, 2.05) is 36.4 Å². The van der Waals surface area contributed by atoms with Gasteiger partial charge in [0.2, 0.25) is 5.88 Å². The van der Waals surface area contributed by atoms with Crippen LogP contribution in [0.15, 0.2) is 71.7 Å². The summed E-state index contributed by atoms with van der Waals surface area (Å²) >= 11 is 0. The number of nitrogens with one attached hydrogen (secondary N) is 1. The molecule has 0 radical (unpaired) electrons. The van der Waals surface area contributed by atoms with Crippen molar-refractivity contribution in [3.05, 3.63) is 78.4 Å². The Morgan fingerprint density at radius 2 is 1.88 bits per heavy atom. The SMILES string of the molecule is O=C(NCc1ccc(OCCOc2ccccc2)nc1)c1ccoc1. The number of amides is 1. The minimum absolute atomic E-state index is 0.188. The summed E-state index contributed by atoms with van der Waals surface area (Å²) in [5, 5.41) is 2.79. The molecule has 3 rings (SSSR count). The average molecular weight is 338 g/mol. The van der Waals surface area contributed by atoms with Crippen LogP contribution < -0.4 is 14.8 Å². The fourth-order valence-electron chi connectivity index (χ4n) is 2.10. The lowest BCUT2D eigenvalue weighted by Gasteiger charge is -2.08. The van der Waals surface area contributed by atoms with Crippen molar-refractivity contribution in [1.29, 1.82) is 0 Å². The van der Waals surface area contributed by atoms with Crippen LogP contribution >= 0.6 is 0 Å². The molecule has 6 heteroatoms. The van der Waals surface area contributed by atoms with Crippen molar-refractivity contribution in [1.82, 2.24) is 10.3 Å². The third-order valence-electron chi connectivity index (χ3n) is 3.38. The molecule has 2 heterocycles. The average Bonchev–Trinajstić information content (AvgIpc) is 3.20. The number of carbonyl (C=O) groups is 1. The molecule has 0 unspecified atom stereocenters. The topological polar surface area (TPSA) is 73.6 Å². The highest BCUT2D eigenvalue weighted by Crippen LogP contribution is 2.10. The van der Waals surface area contributed by atoms with Crippen molar-refractivity contribution in [2.24, 2.45) is 0 Å². The molecule has 0 saturated heterocycles. The van der Waals surface area contributed by atoms with E-state index >= 15 is 0 Å². The first-order chi connectivity index (χ1) is 12.3. The molecular weight excluding hydrogens is 320 g/mol. The Morgan fingerprint density at radius 1 is 1.04 bits per heavy atom. The van der Waals surface area contributed by atoms with Gasteiger partial charge in [-0.2, -0.15) is 0 Å². The van der Waals surface area contributed by atoms with Crippen molar-refractivity contribution in [3.8, 4) is 11.6 Å². The summed E-state index contributed by atoms with van der Waals surface area (Å²) in [6.45, 7) is 1.22. The van der Waals surface area contributed by atoms with E-state index in [4.69, 9.17) is 13.9 Å². The molecular formula is C19H18N2O4. The second kappa shape index (κ2) is 8.54. The van der Waals surface area contributed by atoms with Gasteiger partial charge in [0.25, 0.3) is 5.91 Å². The predicted octanol–water partition coefficient (Wildman–Crippen LogP) is 3.06. The van der Waals surface area contributed by atoms with Crippen LogP contribution in [0.1, 0.15) is 15.9 Å². The zero-order valence-corrected chi connectivity index (χ0v) is 13.6. The van der Waals surface area contributed by atoms with Gasteiger partial charge in [-0.05, 0) is 23.8 Å². The first kappa shape index (κ1) is 16.6. The molecule has 0 aliphatic carbocycles. The van der Waals surface area contributed by atoms with E-state index in [0.29, 0.717) is 31.2 Å². The Balaban J connectivity index is 1.39. The van der Waals surface area contributed by atoms with Crippen molar-refractivity contribution in [2.45, 2.75) is 6.54 Å². The van der Waals surface area contributed by atoms with Crippen LogP contribution in [0.2, 0.25) is 0 Å². The molecule has 0 atom stereocenters. The molecule has 6 nitrogen and oxygen atoms in total. The molecule has 128 valence electrons. The molecule has 0 fully saturated rings. The van der Waals surface area contributed by atoms with E-state index < -0.39 is 0 Å². The Kier molecular flexibility index (Phi) is 5.66. The van der Waals surface area contributed by atoms with E-state index in [0.717, 1.165) is 11.3 Å². The van der Waals surface area contributed by atoms with Gasteiger partial charge in [-0.3, -0.25) is 4.79 Å². The molecule has 0 saturated carbocycles. The van der Waals surface area contributed by atoms with Crippen molar-refractivity contribution in [3.63, 3.8) is 0 Å². The van der Waals surface area contributed by atoms with Gasteiger partial charge in [0, 0.05) is 18.8 Å². The van der Waals surface area contributed by atoms with Gasteiger partial charge in [0.15, 0.2) is 0 Å². The second-order valence-electron chi connectivity index (χ2n) is 5.21. The highest BCUT2D eigenvalue weighted by Gasteiger charge is 2.06.